The first-order valence-corrected chi connectivity index (χ1v) is 8.95. The van der Waals surface area contributed by atoms with Crippen LogP contribution in [0.2, 0.25) is 0 Å². The van der Waals surface area contributed by atoms with E-state index in [1.54, 1.807) is 12.4 Å². The lowest BCUT2D eigenvalue weighted by Crippen LogP contribution is -2.17. The summed E-state index contributed by atoms with van der Waals surface area (Å²) in [4.78, 5) is 17.8. The van der Waals surface area contributed by atoms with Gasteiger partial charge < -0.3 is 15.8 Å². The number of aryl methyl sites for hydroxylation is 1. The standard InChI is InChI=1S/C19H17N9O/c1-10-8-15(27-25-10)21-19-23-16(11-4-6-20-7-5-11)22-17(24-19)12-2-3-14-13(9-12)18(29)28-26-14/h2-9,18,26,28-29H,1H3,(H2,21,22,23,24,25,27). The summed E-state index contributed by atoms with van der Waals surface area (Å²) >= 11 is 0. The van der Waals surface area contributed by atoms with Crippen LogP contribution in [0.3, 0.4) is 0 Å². The van der Waals surface area contributed by atoms with Gasteiger partial charge in [-0.2, -0.15) is 15.1 Å². The Hall–Kier alpha value is -3.89. The Morgan fingerprint density at radius 3 is 2.52 bits per heavy atom. The molecule has 5 rings (SSSR count). The number of rotatable bonds is 4. The molecule has 1 aliphatic rings. The lowest BCUT2D eigenvalue weighted by atomic mass is 10.1. The van der Waals surface area contributed by atoms with Gasteiger partial charge in [0, 0.05) is 40.8 Å². The quantitative estimate of drug-likeness (QED) is 0.357. The maximum absolute atomic E-state index is 10.1. The highest BCUT2D eigenvalue weighted by Gasteiger charge is 2.21. The Balaban J connectivity index is 1.60. The third-order valence-electron chi connectivity index (χ3n) is 4.47. The molecular formula is C19H17N9O. The number of anilines is 3. The minimum atomic E-state index is -0.795. The zero-order chi connectivity index (χ0) is 19.8. The van der Waals surface area contributed by atoms with E-state index in [9.17, 15) is 5.11 Å². The Morgan fingerprint density at radius 1 is 0.966 bits per heavy atom. The van der Waals surface area contributed by atoms with Crippen LogP contribution in [0.25, 0.3) is 22.8 Å². The van der Waals surface area contributed by atoms with E-state index in [4.69, 9.17) is 0 Å². The van der Waals surface area contributed by atoms with Crippen molar-refractivity contribution in [2.24, 2.45) is 0 Å². The summed E-state index contributed by atoms with van der Waals surface area (Å²) in [5.74, 6) is 1.96. The van der Waals surface area contributed by atoms with Crippen molar-refractivity contribution in [3.63, 3.8) is 0 Å². The predicted octanol–water partition coefficient (Wildman–Crippen LogP) is 2.30. The van der Waals surface area contributed by atoms with E-state index in [1.165, 1.54) is 0 Å². The molecule has 4 heterocycles. The highest BCUT2D eigenvalue weighted by Crippen LogP contribution is 2.31. The molecule has 4 aromatic rings. The third-order valence-corrected chi connectivity index (χ3v) is 4.47. The van der Waals surface area contributed by atoms with Gasteiger partial charge in [0.1, 0.15) is 6.23 Å². The summed E-state index contributed by atoms with van der Waals surface area (Å²) < 4.78 is 0. The maximum atomic E-state index is 10.1. The van der Waals surface area contributed by atoms with Crippen LogP contribution >= 0.6 is 0 Å². The molecule has 1 aliphatic heterocycles. The molecular weight excluding hydrogens is 370 g/mol. The Labute approximate surface area is 165 Å². The second-order valence-corrected chi connectivity index (χ2v) is 6.58. The molecule has 5 N–H and O–H groups in total. The monoisotopic (exact) mass is 387 g/mol. The fraction of sp³-hybridized carbons (Fsp3) is 0.105. The van der Waals surface area contributed by atoms with Crippen molar-refractivity contribution in [3.05, 3.63) is 60.0 Å². The molecule has 144 valence electrons. The summed E-state index contributed by atoms with van der Waals surface area (Å²) in [6, 6.07) is 11.1. The number of hydrogen-bond donors (Lipinski definition) is 5. The molecule has 0 radical (unpaired) electrons. The molecule has 0 saturated carbocycles. The van der Waals surface area contributed by atoms with Gasteiger partial charge in [-0.15, -0.1) is 0 Å². The van der Waals surface area contributed by atoms with E-state index in [1.807, 2.05) is 43.3 Å². The van der Waals surface area contributed by atoms with Gasteiger partial charge in [0.05, 0.1) is 5.69 Å². The first-order valence-electron chi connectivity index (χ1n) is 8.95. The van der Waals surface area contributed by atoms with Crippen LogP contribution in [0.4, 0.5) is 17.5 Å². The number of H-pyrrole nitrogens is 1. The van der Waals surface area contributed by atoms with Gasteiger partial charge in [-0.3, -0.25) is 10.1 Å². The van der Waals surface area contributed by atoms with Crippen molar-refractivity contribution in [2.45, 2.75) is 13.2 Å². The Morgan fingerprint density at radius 2 is 1.76 bits per heavy atom. The van der Waals surface area contributed by atoms with Crippen molar-refractivity contribution < 1.29 is 5.11 Å². The van der Waals surface area contributed by atoms with Gasteiger partial charge in [-0.25, -0.2) is 10.4 Å². The van der Waals surface area contributed by atoms with Gasteiger partial charge >= 0.3 is 0 Å². The number of aliphatic hydroxyl groups is 1. The molecule has 0 bridgehead atoms. The van der Waals surface area contributed by atoms with Crippen LogP contribution < -0.4 is 16.2 Å². The molecule has 1 atom stereocenters. The van der Waals surface area contributed by atoms with E-state index < -0.39 is 6.23 Å². The van der Waals surface area contributed by atoms with Crippen LogP contribution in [-0.4, -0.2) is 35.2 Å². The van der Waals surface area contributed by atoms with Crippen LogP contribution in [0.15, 0.2) is 48.8 Å². The van der Waals surface area contributed by atoms with Crippen LogP contribution in [0.5, 0.6) is 0 Å². The van der Waals surface area contributed by atoms with Gasteiger partial charge in [-0.05, 0) is 37.3 Å². The third kappa shape index (κ3) is 3.37. The van der Waals surface area contributed by atoms with E-state index in [2.05, 4.69) is 46.3 Å². The summed E-state index contributed by atoms with van der Waals surface area (Å²) in [6.07, 6.45) is 2.58. The molecule has 29 heavy (non-hydrogen) atoms. The smallest absolute Gasteiger partial charge is 0.232 e. The number of hydrogen-bond acceptors (Lipinski definition) is 9. The average molecular weight is 387 g/mol. The molecule has 0 saturated heterocycles. The minimum absolute atomic E-state index is 0.366. The SMILES string of the molecule is Cc1cc(Nc2nc(-c3ccncc3)nc(-c3ccc4c(c3)C(O)NN4)n2)n[nH]1. The molecule has 0 amide bonds. The van der Waals surface area contributed by atoms with E-state index in [0.29, 0.717) is 23.4 Å². The van der Waals surface area contributed by atoms with Gasteiger partial charge in [0.25, 0.3) is 0 Å². The van der Waals surface area contributed by atoms with Crippen molar-refractivity contribution >= 4 is 17.5 Å². The van der Waals surface area contributed by atoms with Crippen LogP contribution in [0, 0.1) is 6.92 Å². The zero-order valence-corrected chi connectivity index (χ0v) is 15.4. The normalized spacial score (nSPS) is 15.0. The number of aromatic amines is 1. The first kappa shape index (κ1) is 17.2. The van der Waals surface area contributed by atoms with Crippen molar-refractivity contribution in [1.82, 2.24) is 35.6 Å². The number of nitrogens with one attached hydrogen (secondary N) is 4. The summed E-state index contributed by atoms with van der Waals surface area (Å²) in [5, 5.41) is 20.2. The molecule has 3 aromatic heterocycles. The number of aliphatic hydroxyl groups excluding tert-OH is 1. The summed E-state index contributed by atoms with van der Waals surface area (Å²) in [7, 11) is 0. The van der Waals surface area contributed by atoms with Gasteiger partial charge in [0.2, 0.25) is 5.95 Å². The largest absolute Gasteiger partial charge is 0.373 e. The van der Waals surface area contributed by atoms with E-state index >= 15 is 0 Å². The van der Waals surface area contributed by atoms with E-state index in [-0.39, 0.29) is 0 Å². The lowest BCUT2D eigenvalue weighted by Gasteiger charge is -2.09. The van der Waals surface area contributed by atoms with Crippen molar-refractivity contribution in [1.29, 1.82) is 0 Å². The second kappa shape index (κ2) is 6.93. The molecule has 0 aliphatic carbocycles. The Kier molecular flexibility index (Phi) is 4.12. The summed E-state index contributed by atoms with van der Waals surface area (Å²) in [5.41, 5.74) is 9.73. The number of benzene rings is 1. The molecule has 0 fully saturated rings. The predicted molar refractivity (Wildman–Crippen MR) is 107 cm³/mol. The molecule has 1 aromatic carbocycles. The maximum Gasteiger partial charge on any atom is 0.232 e. The number of aromatic nitrogens is 6. The number of nitrogens with zero attached hydrogens (tertiary/aromatic N) is 5. The van der Waals surface area contributed by atoms with E-state index in [0.717, 1.165) is 28.1 Å². The molecule has 0 spiro atoms. The minimum Gasteiger partial charge on any atom is -0.373 e. The van der Waals surface area contributed by atoms with Gasteiger partial charge in [-0.1, -0.05) is 0 Å². The van der Waals surface area contributed by atoms with Crippen LogP contribution in [-0.2, 0) is 0 Å². The lowest BCUT2D eigenvalue weighted by molar-refractivity contribution is 0.159. The van der Waals surface area contributed by atoms with Crippen LogP contribution in [0.1, 0.15) is 17.5 Å². The number of pyridine rings is 1. The topological polar surface area (TPSA) is 137 Å². The van der Waals surface area contributed by atoms with Crippen molar-refractivity contribution in [2.75, 3.05) is 10.7 Å². The highest BCUT2D eigenvalue weighted by atomic mass is 16.3. The molecule has 10 heteroatoms. The zero-order valence-electron chi connectivity index (χ0n) is 15.4. The number of fused-ring (bicyclic) bond motifs is 1. The Bertz CT molecular complexity index is 1180. The summed E-state index contributed by atoms with van der Waals surface area (Å²) in [6.45, 7) is 1.91. The fourth-order valence-corrected chi connectivity index (χ4v) is 3.05. The number of hydrazine groups is 1. The highest BCUT2D eigenvalue weighted by molar-refractivity contribution is 5.68. The molecule has 1 unspecified atom stereocenters. The fourth-order valence-electron chi connectivity index (χ4n) is 3.05. The first-order chi connectivity index (χ1) is 14.2. The second-order valence-electron chi connectivity index (χ2n) is 6.58. The molecule has 10 nitrogen and oxygen atoms in total. The average Bonchev–Trinajstić information content (AvgIpc) is 3.33. The van der Waals surface area contributed by atoms with Crippen molar-refractivity contribution in [3.8, 4) is 22.8 Å². The van der Waals surface area contributed by atoms with Gasteiger partial charge in [0.15, 0.2) is 17.5 Å².